The summed E-state index contributed by atoms with van der Waals surface area (Å²) in [7, 11) is 0. The molecule has 1 atom stereocenters. The summed E-state index contributed by atoms with van der Waals surface area (Å²) in [6, 6.07) is 0.654. The van der Waals surface area contributed by atoms with Gasteiger partial charge in [0.25, 0.3) is 0 Å². The molecule has 2 nitrogen and oxygen atoms in total. The molecule has 0 aromatic heterocycles. The molecule has 2 N–H and O–H groups in total. The van der Waals surface area contributed by atoms with Crippen LogP contribution in [0.25, 0.3) is 0 Å². The lowest BCUT2D eigenvalue weighted by Crippen LogP contribution is -2.36. The Morgan fingerprint density at radius 1 is 1.21 bits per heavy atom. The summed E-state index contributed by atoms with van der Waals surface area (Å²) in [4.78, 5) is 2.55. The first-order valence-corrected chi connectivity index (χ1v) is 6.05. The minimum atomic E-state index is 0.654. The molecule has 0 spiro atoms. The van der Waals surface area contributed by atoms with Crippen LogP contribution in [-0.2, 0) is 0 Å². The molecule has 0 aliphatic heterocycles. The maximum atomic E-state index is 5.54. The molecule has 1 unspecified atom stereocenters. The number of nitrogens with two attached hydrogens (primary N) is 1. The van der Waals surface area contributed by atoms with E-state index in [1.807, 2.05) is 0 Å². The third-order valence-electron chi connectivity index (χ3n) is 2.71. The highest BCUT2D eigenvalue weighted by Crippen LogP contribution is 2.10. The predicted molar refractivity (Wildman–Crippen MR) is 64.5 cm³/mol. The van der Waals surface area contributed by atoms with Crippen LogP contribution in [0.2, 0.25) is 0 Å². The van der Waals surface area contributed by atoms with Gasteiger partial charge >= 0.3 is 0 Å². The third-order valence-corrected chi connectivity index (χ3v) is 2.71. The molecule has 0 aliphatic carbocycles. The molecule has 0 radical (unpaired) electrons. The number of nitrogens with zero attached hydrogens (tertiary/aromatic N) is 1. The fraction of sp³-hybridized carbons (Fsp3) is 1.00. The second kappa shape index (κ2) is 8.25. The standard InChI is InChI=1S/C12H28N2/c1-5-7-12(4)10-14(11(2)3)9-6-8-13/h11-12H,5-10,13H2,1-4H3. The lowest BCUT2D eigenvalue weighted by molar-refractivity contribution is 0.187. The van der Waals surface area contributed by atoms with Gasteiger partial charge in [0.1, 0.15) is 0 Å². The van der Waals surface area contributed by atoms with E-state index in [-0.39, 0.29) is 0 Å². The Kier molecular flexibility index (Phi) is 8.20. The smallest absolute Gasteiger partial charge is 0.00387 e. The Morgan fingerprint density at radius 3 is 2.29 bits per heavy atom. The van der Waals surface area contributed by atoms with Crippen molar-refractivity contribution < 1.29 is 0 Å². The molecule has 0 amide bonds. The monoisotopic (exact) mass is 200 g/mol. The van der Waals surface area contributed by atoms with Crippen molar-refractivity contribution in [1.29, 1.82) is 0 Å². The summed E-state index contributed by atoms with van der Waals surface area (Å²) in [6.45, 7) is 12.3. The minimum absolute atomic E-state index is 0.654. The molecule has 0 aromatic carbocycles. The summed E-state index contributed by atoms with van der Waals surface area (Å²) in [5.74, 6) is 0.820. The molecular formula is C12H28N2. The van der Waals surface area contributed by atoms with E-state index >= 15 is 0 Å². The van der Waals surface area contributed by atoms with Crippen molar-refractivity contribution in [2.45, 2.75) is 53.0 Å². The summed E-state index contributed by atoms with van der Waals surface area (Å²) < 4.78 is 0. The van der Waals surface area contributed by atoms with E-state index in [0.29, 0.717) is 6.04 Å². The van der Waals surface area contributed by atoms with Crippen LogP contribution >= 0.6 is 0 Å². The Hall–Kier alpha value is -0.0800. The maximum Gasteiger partial charge on any atom is 0.00387 e. The molecule has 14 heavy (non-hydrogen) atoms. The molecule has 86 valence electrons. The predicted octanol–water partition coefficient (Wildman–Crippen LogP) is 2.48. The van der Waals surface area contributed by atoms with Crippen LogP contribution in [0.3, 0.4) is 0 Å². The molecule has 0 saturated heterocycles. The van der Waals surface area contributed by atoms with Crippen LogP contribution < -0.4 is 5.73 Å². The second-order valence-corrected chi connectivity index (χ2v) is 4.62. The van der Waals surface area contributed by atoms with Gasteiger partial charge in [0.05, 0.1) is 0 Å². The molecule has 0 bridgehead atoms. The SMILES string of the molecule is CCCC(C)CN(CCCN)C(C)C. The van der Waals surface area contributed by atoms with E-state index in [1.165, 1.54) is 19.4 Å². The van der Waals surface area contributed by atoms with Gasteiger partial charge in [0.15, 0.2) is 0 Å². The van der Waals surface area contributed by atoms with Crippen LogP contribution in [0.1, 0.15) is 47.0 Å². The van der Waals surface area contributed by atoms with E-state index in [2.05, 4.69) is 32.6 Å². The normalized spacial score (nSPS) is 13.9. The summed E-state index contributed by atoms with van der Waals surface area (Å²) >= 11 is 0. The van der Waals surface area contributed by atoms with Crippen molar-refractivity contribution in [1.82, 2.24) is 4.90 Å². The number of rotatable bonds is 8. The van der Waals surface area contributed by atoms with Crippen LogP contribution in [0.15, 0.2) is 0 Å². The Balaban J connectivity index is 3.82. The Morgan fingerprint density at radius 2 is 1.86 bits per heavy atom. The summed E-state index contributed by atoms with van der Waals surface area (Å²) in [5.41, 5.74) is 5.54. The molecule has 0 saturated carbocycles. The molecule has 2 heteroatoms. The first kappa shape index (κ1) is 13.9. The van der Waals surface area contributed by atoms with E-state index < -0.39 is 0 Å². The molecule has 0 aliphatic rings. The zero-order valence-corrected chi connectivity index (χ0v) is 10.4. The topological polar surface area (TPSA) is 29.3 Å². The van der Waals surface area contributed by atoms with Gasteiger partial charge in [-0.1, -0.05) is 20.3 Å². The van der Waals surface area contributed by atoms with E-state index in [4.69, 9.17) is 5.73 Å². The van der Waals surface area contributed by atoms with Crippen LogP contribution in [-0.4, -0.2) is 30.6 Å². The average molecular weight is 200 g/mol. The van der Waals surface area contributed by atoms with E-state index in [9.17, 15) is 0 Å². The van der Waals surface area contributed by atoms with Gasteiger partial charge in [-0.15, -0.1) is 0 Å². The maximum absolute atomic E-state index is 5.54. The number of hydrogen-bond donors (Lipinski definition) is 1. The molecule has 0 fully saturated rings. The van der Waals surface area contributed by atoms with Gasteiger partial charge in [-0.25, -0.2) is 0 Å². The van der Waals surface area contributed by atoms with Gasteiger partial charge in [0.2, 0.25) is 0 Å². The fourth-order valence-electron chi connectivity index (χ4n) is 1.84. The first-order valence-electron chi connectivity index (χ1n) is 6.05. The summed E-state index contributed by atoms with van der Waals surface area (Å²) in [6.07, 6.45) is 3.76. The van der Waals surface area contributed by atoms with Gasteiger partial charge in [-0.3, -0.25) is 0 Å². The lowest BCUT2D eigenvalue weighted by atomic mass is 10.0. The molecule has 0 aromatic rings. The van der Waals surface area contributed by atoms with Crippen LogP contribution in [0, 0.1) is 5.92 Å². The average Bonchev–Trinajstić information content (AvgIpc) is 2.12. The molecule has 0 heterocycles. The number of hydrogen-bond acceptors (Lipinski definition) is 2. The van der Waals surface area contributed by atoms with Crippen molar-refractivity contribution in [3.8, 4) is 0 Å². The van der Waals surface area contributed by atoms with Crippen molar-refractivity contribution in [2.24, 2.45) is 11.7 Å². The van der Waals surface area contributed by atoms with Gasteiger partial charge in [0, 0.05) is 12.6 Å². The highest BCUT2D eigenvalue weighted by Gasteiger charge is 2.11. The van der Waals surface area contributed by atoms with Crippen molar-refractivity contribution in [3.63, 3.8) is 0 Å². The highest BCUT2D eigenvalue weighted by atomic mass is 15.1. The minimum Gasteiger partial charge on any atom is -0.330 e. The second-order valence-electron chi connectivity index (χ2n) is 4.62. The zero-order valence-electron chi connectivity index (χ0n) is 10.4. The molecule has 0 rings (SSSR count). The lowest BCUT2D eigenvalue weighted by Gasteiger charge is -2.29. The Labute approximate surface area is 89.9 Å². The van der Waals surface area contributed by atoms with Crippen LogP contribution in [0.4, 0.5) is 0 Å². The van der Waals surface area contributed by atoms with Gasteiger partial charge in [-0.05, 0) is 45.7 Å². The van der Waals surface area contributed by atoms with E-state index in [0.717, 1.165) is 25.4 Å². The van der Waals surface area contributed by atoms with E-state index in [1.54, 1.807) is 0 Å². The first-order chi connectivity index (χ1) is 6.61. The third kappa shape index (κ3) is 6.39. The van der Waals surface area contributed by atoms with Crippen molar-refractivity contribution in [2.75, 3.05) is 19.6 Å². The zero-order chi connectivity index (χ0) is 11.0. The summed E-state index contributed by atoms with van der Waals surface area (Å²) in [5, 5.41) is 0. The molecular weight excluding hydrogens is 172 g/mol. The van der Waals surface area contributed by atoms with Gasteiger partial charge in [-0.2, -0.15) is 0 Å². The largest absolute Gasteiger partial charge is 0.330 e. The highest BCUT2D eigenvalue weighted by molar-refractivity contribution is 4.66. The van der Waals surface area contributed by atoms with Gasteiger partial charge < -0.3 is 10.6 Å². The Bertz CT molecular complexity index is 123. The fourth-order valence-corrected chi connectivity index (χ4v) is 1.84. The van der Waals surface area contributed by atoms with Crippen LogP contribution in [0.5, 0.6) is 0 Å². The quantitative estimate of drug-likeness (QED) is 0.652. The van der Waals surface area contributed by atoms with Crippen molar-refractivity contribution >= 4 is 0 Å². The van der Waals surface area contributed by atoms with Crippen molar-refractivity contribution in [3.05, 3.63) is 0 Å².